The van der Waals surface area contributed by atoms with Gasteiger partial charge in [-0.25, -0.2) is 4.39 Å². The predicted molar refractivity (Wildman–Crippen MR) is 85.0 cm³/mol. The molecule has 0 atom stereocenters. The molecule has 0 heterocycles. The zero-order valence-corrected chi connectivity index (χ0v) is 12.7. The van der Waals surface area contributed by atoms with E-state index in [0.717, 1.165) is 29.8 Å². The van der Waals surface area contributed by atoms with Crippen LogP contribution in [0.5, 0.6) is 5.75 Å². The van der Waals surface area contributed by atoms with Crippen molar-refractivity contribution in [2.45, 2.75) is 26.8 Å². The summed E-state index contributed by atoms with van der Waals surface area (Å²) >= 11 is 0. The molecule has 1 N–H and O–H groups in total. The van der Waals surface area contributed by atoms with Crippen LogP contribution in [0.3, 0.4) is 0 Å². The van der Waals surface area contributed by atoms with Crippen LogP contribution in [-0.4, -0.2) is 13.2 Å². The fourth-order valence-corrected chi connectivity index (χ4v) is 2.09. The van der Waals surface area contributed by atoms with Gasteiger partial charge in [0.1, 0.15) is 11.6 Å². The van der Waals surface area contributed by atoms with E-state index < -0.39 is 0 Å². The number of benzene rings is 2. The minimum Gasteiger partial charge on any atom is -0.494 e. The second-order valence-electron chi connectivity index (χ2n) is 4.96. The van der Waals surface area contributed by atoms with Gasteiger partial charge in [0, 0.05) is 12.1 Å². The largest absolute Gasteiger partial charge is 0.494 e. The van der Waals surface area contributed by atoms with Crippen molar-refractivity contribution in [1.29, 1.82) is 0 Å². The summed E-state index contributed by atoms with van der Waals surface area (Å²) in [6.45, 7) is 6.19. The monoisotopic (exact) mass is 287 g/mol. The Morgan fingerprint density at radius 3 is 2.33 bits per heavy atom. The number of rotatable bonds is 7. The highest BCUT2D eigenvalue weighted by atomic mass is 19.1. The highest BCUT2D eigenvalue weighted by Crippen LogP contribution is 2.24. The zero-order chi connectivity index (χ0) is 15.1. The standard InChI is InChI=1S/C18H22FNO/c1-3-11-21-17-9-7-14(8-10-17)15-5-6-16(13-20-4-2)18(19)12-15/h5-10,12,20H,3-4,11,13H2,1-2H3. The second-order valence-corrected chi connectivity index (χ2v) is 4.96. The number of hydrogen-bond acceptors (Lipinski definition) is 2. The van der Waals surface area contributed by atoms with Crippen molar-refractivity contribution < 1.29 is 9.13 Å². The van der Waals surface area contributed by atoms with E-state index in [1.54, 1.807) is 6.07 Å². The average molecular weight is 287 g/mol. The summed E-state index contributed by atoms with van der Waals surface area (Å²) in [7, 11) is 0. The highest BCUT2D eigenvalue weighted by Gasteiger charge is 2.05. The van der Waals surface area contributed by atoms with Gasteiger partial charge in [-0.05, 0) is 42.3 Å². The first kappa shape index (κ1) is 15.5. The number of nitrogens with one attached hydrogen (secondary N) is 1. The number of hydrogen-bond donors (Lipinski definition) is 1. The predicted octanol–water partition coefficient (Wildman–Crippen LogP) is 4.39. The molecule has 0 saturated heterocycles. The minimum atomic E-state index is -0.167. The van der Waals surface area contributed by atoms with E-state index in [0.29, 0.717) is 18.7 Å². The van der Waals surface area contributed by atoms with Crippen LogP contribution in [0.1, 0.15) is 25.8 Å². The Labute approximate surface area is 126 Å². The van der Waals surface area contributed by atoms with Gasteiger partial charge >= 0.3 is 0 Å². The SMILES string of the molecule is CCCOc1ccc(-c2ccc(CNCC)c(F)c2)cc1. The molecule has 0 unspecified atom stereocenters. The average Bonchev–Trinajstić information content (AvgIpc) is 2.52. The van der Waals surface area contributed by atoms with Crippen LogP contribution in [0.2, 0.25) is 0 Å². The maximum atomic E-state index is 14.0. The van der Waals surface area contributed by atoms with Crippen LogP contribution in [0, 0.1) is 5.82 Å². The summed E-state index contributed by atoms with van der Waals surface area (Å²) in [6, 6.07) is 13.2. The van der Waals surface area contributed by atoms with Crippen LogP contribution < -0.4 is 10.1 Å². The Morgan fingerprint density at radius 2 is 1.71 bits per heavy atom. The smallest absolute Gasteiger partial charge is 0.128 e. The van der Waals surface area contributed by atoms with Gasteiger partial charge in [0.25, 0.3) is 0 Å². The maximum Gasteiger partial charge on any atom is 0.128 e. The molecule has 0 aliphatic heterocycles. The van der Waals surface area contributed by atoms with Crippen molar-refractivity contribution in [3.63, 3.8) is 0 Å². The lowest BCUT2D eigenvalue weighted by atomic mass is 10.0. The minimum absolute atomic E-state index is 0.167. The Bertz CT molecular complexity index is 566. The Balaban J connectivity index is 2.12. The highest BCUT2D eigenvalue weighted by molar-refractivity contribution is 5.64. The molecule has 21 heavy (non-hydrogen) atoms. The van der Waals surface area contributed by atoms with Gasteiger partial charge in [0.2, 0.25) is 0 Å². The maximum absolute atomic E-state index is 14.0. The summed E-state index contributed by atoms with van der Waals surface area (Å²) in [5.41, 5.74) is 2.58. The van der Waals surface area contributed by atoms with Gasteiger partial charge in [0.15, 0.2) is 0 Å². The van der Waals surface area contributed by atoms with Crippen LogP contribution in [0.4, 0.5) is 4.39 Å². The molecule has 0 bridgehead atoms. The molecule has 0 spiro atoms. The van der Waals surface area contributed by atoms with Gasteiger partial charge in [-0.1, -0.05) is 38.1 Å². The lowest BCUT2D eigenvalue weighted by Crippen LogP contribution is -2.12. The van der Waals surface area contributed by atoms with E-state index in [1.807, 2.05) is 43.3 Å². The third-order valence-corrected chi connectivity index (χ3v) is 3.28. The number of ether oxygens (including phenoxy) is 1. The molecule has 0 saturated carbocycles. The first-order chi connectivity index (χ1) is 10.2. The molecule has 2 rings (SSSR count). The van der Waals surface area contributed by atoms with Gasteiger partial charge in [-0.3, -0.25) is 0 Å². The molecule has 0 amide bonds. The topological polar surface area (TPSA) is 21.3 Å². The summed E-state index contributed by atoms with van der Waals surface area (Å²) in [6.07, 6.45) is 0.986. The Hall–Kier alpha value is -1.87. The molecule has 3 heteroatoms. The Morgan fingerprint density at radius 1 is 1.00 bits per heavy atom. The fourth-order valence-electron chi connectivity index (χ4n) is 2.09. The lowest BCUT2D eigenvalue weighted by Gasteiger charge is -2.08. The molecular weight excluding hydrogens is 265 g/mol. The van der Waals surface area contributed by atoms with Crippen molar-refractivity contribution >= 4 is 0 Å². The molecule has 0 aliphatic carbocycles. The molecular formula is C18H22FNO. The molecule has 0 aliphatic rings. The van der Waals surface area contributed by atoms with E-state index in [-0.39, 0.29) is 5.82 Å². The molecule has 0 radical (unpaired) electrons. The molecule has 112 valence electrons. The van der Waals surface area contributed by atoms with Crippen LogP contribution in [0.15, 0.2) is 42.5 Å². The Kier molecular flexibility index (Phi) is 5.76. The summed E-state index contributed by atoms with van der Waals surface area (Å²) < 4.78 is 19.6. The molecule has 2 aromatic rings. The molecule has 0 fully saturated rings. The van der Waals surface area contributed by atoms with Gasteiger partial charge in [0.05, 0.1) is 6.61 Å². The van der Waals surface area contributed by atoms with Crippen molar-refractivity contribution in [3.05, 3.63) is 53.8 Å². The summed E-state index contributed by atoms with van der Waals surface area (Å²) in [5, 5.41) is 3.14. The lowest BCUT2D eigenvalue weighted by molar-refractivity contribution is 0.317. The van der Waals surface area contributed by atoms with Crippen molar-refractivity contribution in [2.24, 2.45) is 0 Å². The van der Waals surface area contributed by atoms with Crippen molar-refractivity contribution in [3.8, 4) is 16.9 Å². The fraction of sp³-hybridized carbons (Fsp3) is 0.333. The third kappa shape index (κ3) is 4.30. The van der Waals surface area contributed by atoms with Gasteiger partial charge in [-0.2, -0.15) is 0 Å². The van der Waals surface area contributed by atoms with E-state index in [4.69, 9.17) is 4.74 Å². The van der Waals surface area contributed by atoms with E-state index in [9.17, 15) is 4.39 Å². The van der Waals surface area contributed by atoms with E-state index in [1.165, 1.54) is 0 Å². The van der Waals surface area contributed by atoms with E-state index >= 15 is 0 Å². The first-order valence-electron chi connectivity index (χ1n) is 7.47. The third-order valence-electron chi connectivity index (χ3n) is 3.28. The van der Waals surface area contributed by atoms with Gasteiger partial charge in [-0.15, -0.1) is 0 Å². The second kappa shape index (κ2) is 7.79. The van der Waals surface area contributed by atoms with Crippen LogP contribution in [0.25, 0.3) is 11.1 Å². The normalized spacial score (nSPS) is 10.6. The van der Waals surface area contributed by atoms with Crippen molar-refractivity contribution in [2.75, 3.05) is 13.2 Å². The molecule has 2 nitrogen and oxygen atoms in total. The van der Waals surface area contributed by atoms with Crippen LogP contribution >= 0.6 is 0 Å². The number of halogens is 1. The zero-order valence-electron chi connectivity index (χ0n) is 12.7. The van der Waals surface area contributed by atoms with Crippen molar-refractivity contribution in [1.82, 2.24) is 5.32 Å². The van der Waals surface area contributed by atoms with Gasteiger partial charge < -0.3 is 10.1 Å². The van der Waals surface area contributed by atoms with Crippen LogP contribution in [-0.2, 0) is 6.54 Å². The molecule has 0 aromatic heterocycles. The summed E-state index contributed by atoms with van der Waals surface area (Å²) in [5.74, 6) is 0.685. The van der Waals surface area contributed by atoms with E-state index in [2.05, 4.69) is 12.2 Å². The quantitative estimate of drug-likeness (QED) is 0.815. The molecule has 2 aromatic carbocycles. The summed E-state index contributed by atoms with van der Waals surface area (Å²) in [4.78, 5) is 0. The first-order valence-corrected chi connectivity index (χ1v) is 7.47.